The van der Waals surface area contributed by atoms with Crippen molar-refractivity contribution >= 4 is 17.6 Å². The normalized spacial score (nSPS) is 10.3. The van der Waals surface area contributed by atoms with E-state index in [4.69, 9.17) is 0 Å². The van der Waals surface area contributed by atoms with E-state index in [0.717, 1.165) is 17.2 Å². The van der Waals surface area contributed by atoms with Gasteiger partial charge in [0.25, 0.3) is 17.2 Å². The van der Waals surface area contributed by atoms with Crippen LogP contribution in [0.5, 0.6) is 0 Å². The van der Waals surface area contributed by atoms with Crippen LogP contribution in [-0.2, 0) is 9.53 Å². The van der Waals surface area contributed by atoms with E-state index in [0.29, 0.717) is 0 Å². The lowest BCUT2D eigenvalue weighted by Crippen LogP contribution is -2.43. The quantitative estimate of drug-likeness (QED) is 0.474. The van der Waals surface area contributed by atoms with Crippen LogP contribution in [0.3, 0.4) is 0 Å². The molecule has 0 spiro atoms. The van der Waals surface area contributed by atoms with Gasteiger partial charge in [0.05, 0.1) is 18.2 Å². The fourth-order valence-electron chi connectivity index (χ4n) is 1.58. The first-order chi connectivity index (χ1) is 9.77. The van der Waals surface area contributed by atoms with E-state index in [1.807, 2.05) is 0 Å². The summed E-state index contributed by atoms with van der Waals surface area (Å²) in [6.45, 7) is 2.94. The number of hydrogen-bond donors (Lipinski definition) is 1. The summed E-state index contributed by atoms with van der Waals surface area (Å²) in [5.41, 5.74) is -1.58. The van der Waals surface area contributed by atoms with Crippen molar-refractivity contribution in [2.45, 2.75) is 19.9 Å². The Morgan fingerprint density at radius 2 is 2.10 bits per heavy atom. The van der Waals surface area contributed by atoms with Crippen molar-refractivity contribution in [2.75, 3.05) is 13.7 Å². The van der Waals surface area contributed by atoms with Crippen LogP contribution in [-0.4, -0.2) is 46.4 Å². The maximum atomic E-state index is 12.3. The number of esters is 1. The van der Waals surface area contributed by atoms with E-state index < -0.39 is 39.7 Å². The number of H-pyrrole nitrogens is 1. The Kier molecular flexibility index (Phi) is 5.17. The molecule has 1 heterocycles. The number of rotatable bonds is 5. The molecule has 1 amide bonds. The molecule has 0 saturated carbocycles. The van der Waals surface area contributed by atoms with Crippen LogP contribution in [0.15, 0.2) is 17.1 Å². The zero-order valence-corrected chi connectivity index (χ0v) is 11.8. The maximum Gasteiger partial charge on any atom is 0.325 e. The number of amides is 1. The predicted molar refractivity (Wildman–Crippen MR) is 71.9 cm³/mol. The van der Waals surface area contributed by atoms with Gasteiger partial charge in [0.15, 0.2) is 0 Å². The molecule has 0 atom stereocenters. The van der Waals surface area contributed by atoms with E-state index in [1.165, 1.54) is 7.11 Å². The summed E-state index contributed by atoms with van der Waals surface area (Å²) in [5, 5.41) is 10.7. The molecular weight excluding hydrogens is 282 g/mol. The number of carbonyl (C=O) groups is 2. The zero-order chi connectivity index (χ0) is 16.2. The summed E-state index contributed by atoms with van der Waals surface area (Å²) in [5.74, 6) is -1.43. The summed E-state index contributed by atoms with van der Waals surface area (Å²) in [6, 6.07) is 0.489. The number of nitrogens with one attached hydrogen (secondary N) is 1. The van der Waals surface area contributed by atoms with Crippen molar-refractivity contribution in [1.82, 2.24) is 9.88 Å². The second kappa shape index (κ2) is 6.64. The van der Waals surface area contributed by atoms with E-state index in [1.54, 1.807) is 13.8 Å². The standard InChI is InChI=1S/C12H15N3O6/c1-7(2)14(6-10(16)21-3)12(18)9-4-8(15(19)20)5-13-11(9)17/h4-5,7H,6H2,1-3H3,(H,13,17). The third-order valence-corrected chi connectivity index (χ3v) is 2.74. The fourth-order valence-corrected chi connectivity index (χ4v) is 1.58. The monoisotopic (exact) mass is 297 g/mol. The second-order valence-electron chi connectivity index (χ2n) is 4.46. The molecule has 0 radical (unpaired) electrons. The summed E-state index contributed by atoms with van der Waals surface area (Å²) in [4.78, 5) is 48.5. The molecule has 0 aliphatic carbocycles. The first kappa shape index (κ1) is 16.3. The average Bonchev–Trinajstić information content (AvgIpc) is 2.43. The third kappa shape index (κ3) is 3.88. The van der Waals surface area contributed by atoms with Gasteiger partial charge in [0.1, 0.15) is 12.1 Å². The van der Waals surface area contributed by atoms with E-state index in [2.05, 4.69) is 9.72 Å². The smallest absolute Gasteiger partial charge is 0.325 e. The number of pyridine rings is 1. The molecule has 0 aliphatic rings. The van der Waals surface area contributed by atoms with Gasteiger partial charge in [0.2, 0.25) is 0 Å². The molecule has 0 aliphatic heterocycles. The Labute approximate surface area is 119 Å². The molecule has 0 aromatic carbocycles. The summed E-state index contributed by atoms with van der Waals surface area (Å²) >= 11 is 0. The third-order valence-electron chi connectivity index (χ3n) is 2.74. The predicted octanol–water partition coefficient (Wildman–Crippen LogP) is 0.307. The van der Waals surface area contributed by atoms with Crippen LogP contribution in [0.2, 0.25) is 0 Å². The van der Waals surface area contributed by atoms with Crippen LogP contribution in [0, 0.1) is 10.1 Å². The SMILES string of the molecule is COC(=O)CN(C(=O)c1cc([N+](=O)[O-])c[nH]c1=O)C(C)C. The van der Waals surface area contributed by atoms with Crippen LogP contribution in [0.25, 0.3) is 0 Å². The number of nitrogens with zero attached hydrogens (tertiary/aromatic N) is 2. The van der Waals surface area contributed by atoms with Crippen molar-refractivity contribution in [3.05, 3.63) is 38.3 Å². The molecule has 9 nitrogen and oxygen atoms in total. The minimum absolute atomic E-state index is 0.352. The Morgan fingerprint density at radius 1 is 1.48 bits per heavy atom. The van der Waals surface area contributed by atoms with Crippen LogP contribution in [0.4, 0.5) is 5.69 Å². The number of aromatic amines is 1. The van der Waals surface area contributed by atoms with E-state index in [-0.39, 0.29) is 6.54 Å². The molecule has 0 saturated heterocycles. The van der Waals surface area contributed by atoms with Gasteiger partial charge in [-0.05, 0) is 13.8 Å². The Morgan fingerprint density at radius 3 is 2.57 bits per heavy atom. The summed E-state index contributed by atoms with van der Waals surface area (Å²) in [6.07, 6.45) is 0.902. The second-order valence-corrected chi connectivity index (χ2v) is 4.46. The Balaban J connectivity index is 3.20. The van der Waals surface area contributed by atoms with Gasteiger partial charge in [-0.3, -0.25) is 24.5 Å². The topological polar surface area (TPSA) is 123 Å². The Hall–Kier alpha value is -2.71. The molecule has 114 valence electrons. The summed E-state index contributed by atoms with van der Waals surface area (Å²) < 4.78 is 4.48. The number of hydrogen-bond acceptors (Lipinski definition) is 6. The highest BCUT2D eigenvalue weighted by atomic mass is 16.6. The van der Waals surface area contributed by atoms with Crippen molar-refractivity contribution in [3.63, 3.8) is 0 Å². The number of methoxy groups -OCH3 is 1. The molecule has 1 aromatic heterocycles. The molecule has 1 rings (SSSR count). The molecule has 9 heteroatoms. The molecule has 0 fully saturated rings. The van der Waals surface area contributed by atoms with Crippen molar-refractivity contribution < 1.29 is 19.2 Å². The molecular formula is C12H15N3O6. The first-order valence-electron chi connectivity index (χ1n) is 6.02. The van der Waals surface area contributed by atoms with Gasteiger partial charge in [-0.1, -0.05) is 0 Å². The number of carbonyl (C=O) groups excluding carboxylic acids is 2. The molecule has 0 bridgehead atoms. The van der Waals surface area contributed by atoms with Gasteiger partial charge in [-0.25, -0.2) is 0 Å². The van der Waals surface area contributed by atoms with Gasteiger partial charge >= 0.3 is 5.97 Å². The lowest BCUT2D eigenvalue weighted by Gasteiger charge is -2.25. The van der Waals surface area contributed by atoms with Gasteiger partial charge in [0, 0.05) is 12.1 Å². The molecule has 1 N–H and O–H groups in total. The van der Waals surface area contributed by atoms with Crippen LogP contribution < -0.4 is 5.56 Å². The van der Waals surface area contributed by atoms with Gasteiger partial charge < -0.3 is 14.6 Å². The fraction of sp³-hybridized carbons (Fsp3) is 0.417. The number of aromatic nitrogens is 1. The maximum absolute atomic E-state index is 12.3. The number of ether oxygens (including phenoxy) is 1. The van der Waals surface area contributed by atoms with E-state index >= 15 is 0 Å². The van der Waals surface area contributed by atoms with E-state index in [9.17, 15) is 24.5 Å². The Bertz CT molecular complexity index is 622. The highest BCUT2D eigenvalue weighted by molar-refractivity contribution is 5.96. The molecule has 1 aromatic rings. The highest BCUT2D eigenvalue weighted by Crippen LogP contribution is 2.11. The van der Waals surface area contributed by atoms with Gasteiger partial charge in [-0.2, -0.15) is 0 Å². The summed E-state index contributed by atoms with van der Waals surface area (Å²) in [7, 11) is 1.17. The minimum atomic E-state index is -0.777. The first-order valence-corrected chi connectivity index (χ1v) is 6.02. The van der Waals surface area contributed by atoms with Gasteiger partial charge in [-0.15, -0.1) is 0 Å². The largest absolute Gasteiger partial charge is 0.468 e. The molecule has 0 unspecified atom stereocenters. The number of nitro groups is 1. The van der Waals surface area contributed by atoms with Crippen molar-refractivity contribution in [3.8, 4) is 0 Å². The average molecular weight is 297 g/mol. The zero-order valence-electron chi connectivity index (χ0n) is 11.8. The molecule has 21 heavy (non-hydrogen) atoms. The van der Waals surface area contributed by atoms with Crippen LogP contribution >= 0.6 is 0 Å². The van der Waals surface area contributed by atoms with Crippen LogP contribution in [0.1, 0.15) is 24.2 Å². The van der Waals surface area contributed by atoms with Crippen molar-refractivity contribution in [1.29, 1.82) is 0 Å². The lowest BCUT2D eigenvalue weighted by molar-refractivity contribution is -0.385. The van der Waals surface area contributed by atoms with Crippen molar-refractivity contribution in [2.24, 2.45) is 0 Å². The highest BCUT2D eigenvalue weighted by Gasteiger charge is 2.25. The minimum Gasteiger partial charge on any atom is -0.468 e. The lowest BCUT2D eigenvalue weighted by atomic mass is 10.2.